The molecule has 0 amide bonds. The lowest BCUT2D eigenvalue weighted by molar-refractivity contribution is -0.384. The van der Waals surface area contributed by atoms with Crippen LogP contribution in [-0.4, -0.2) is 14.6 Å². The van der Waals surface area contributed by atoms with Crippen LogP contribution in [0.25, 0.3) is 22.2 Å². The number of aromatic nitrogens is 1. The smallest absolute Gasteiger partial charge is 0.269 e. The molecule has 1 aromatic heterocycles. The first-order valence-corrected chi connectivity index (χ1v) is 6.14. The Balaban J connectivity index is 2.16. The van der Waals surface area contributed by atoms with Crippen molar-refractivity contribution in [3.8, 4) is 11.3 Å². The first kappa shape index (κ1) is 12.4. The molecule has 3 rings (SSSR count). The second-order valence-corrected chi connectivity index (χ2v) is 4.46. The minimum Gasteiger partial charge on any atom is -0.376 e. The topological polar surface area (TPSA) is 68.3 Å². The predicted molar refractivity (Wildman–Crippen MR) is 76.2 cm³/mol. The Morgan fingerprint density at radius 1 is 1.10 bits per heavy atom. The van der Waals surface area contributed by atoms with Gasteiger partial charge in [0.2, 0.25) is 0 Å². The van der Waals surface area contributed by atoms with Gasteiger partial charge < -0.3 is 9.67 Å². The molecule has 0 saturated carbocycles. The summed E-state index contributed by atoms with van der Waals surface area (Å²) in [6.45, 7) is -0.139. The molecule has 5 nitrogen and oxygen atoms in total. The molecule has 1 N–H and O–H groups in total. The normalized spacial score (nSPS) is 10.8. The standard InChI is InChI=1S/C15H12N2O3/c18-10-16-14-4-2-1-3-12(14)9-15(16)11-5-7-13(8-6-11)17(19)20/h1-9,18H,10H2. The summed E-state index contributed by atoms with van der Waals surface area (Å²) in [5, 5.41) is 21.3. The zero-order valence-corrected chi connectivity index (χ0v) is 10.6. The molecule has 1 heterocycles. The molecule has 0 spiro atoms. The van der Waals surface area contributed by atoms with E-state index in [0.717, 1.165) is 22.2 Å². The molecule has 100 valence electrons. The summed E-state index contributed by atoms with van der Waals surface area (Å²) in [6.07, 6.45) is 0. The van der Waals surface area contributed by atoms with Crippen molar-refractivity contribution >= 4 is 16.6 Å². The third-order valence-corrected chi connectivity index (χ3v) is 3.33. The van der Waals surface area contributed by atoms with E-state index in [4.69, 9.17) is 0 Å². The van der Waals surface area contributed by atoms with Crippen molar-refractivity contribution < 1.29 is 10.0 Å². The van der Waals surface area contributed by atoms with E-state index in [-0.39, 0.29) is 12.4 Å². The number of para-hydroxylation sites is 1. The van der Waals surface area contributed by atoms with E-state index in [1.807, 2.05) is 30.3 Å². The van der Waals surface area contributed by atoms with Gasteiger partial charge >= 0.3 is 0 Å². The van der Waals surface area contributed by atoms with Gasteiger partial charge in [0.25, 0.3) is 5.69 Å². The molecule has 20 heavy (non-hydrogen) atoms. The molecule has 0 atom stereocenters. The summed E-state index contributed by atoms with van der Waals surface area (Å²) >= 11 is 0. The van der Waals surface area contributed by atoms with E-state index >= 15 is 0 Å². The number of non-ortho nitro benzene ring substituents is 1. The number of benzene rings is 2. The fraction of sp³-hybridized carbons (Fsp3) is 0.0667. The van der Waals surface area contributed by atoms with Crippen LogP contribution < -0.4 is 0 Å². The Bertz CT molecular complexity index is 775. The monoisotopic (exact) mass is 268 g/mol. The zero-order valence-electron chi connectivity index (χ0n) is 10.6. The molecule has 5 heteroatoms. The summed E-state index contributed by atoms with van der Waals surface area (Å²) in [4.78, 5) is 10.2. The average molecular weight is 268 g/mol. The fourth-order valence-electron chi connectivity index (χ4n) is 2.36. The molecule has 0 aliphatic carbocycles. The molecular formula is C15H12N2O3. The number of nitrogens with zero attached hydrogens (tertiary/aromatic N) is 2. The van der Waals surface area contributed by atoms with Crippen LogP contribution in [0, 0.1) is 10.1 Å². The third kappa shape index (κ3) is 1.94. The fourth-order valence-corrected chi connectivity index (χ4v) is 2.36. The van der Waals surface area contributed by atoms with E-state index in [2.05, 4.69) is 0 Å². The van der Waals surface area contributed by atoms with Gasteiger partial charge in [-0.05, 0) is 29.8 Å². The van der Waals surface area contributed by atoms with Gasteiger partial charge in [0.1, 0.15) is 6.73 Å². The summed E-state index contributed by atoms with van der Waals surface area (Å²) in [7, 11) is 0. The number of hydrogen-bond acceptors (Lipinski definition) is 3. The minimum absolute atomic E-state index is 0.0559. The van der Waals surface area contributed by atoms with Crippen molar-refractivity contribution in [2.24, 2.45) is 0 Å². The number of nitro groups is 1. The molecular weight excluding hydrogens is 256 g/mol. The Hall–Kier alpha value is -2.66. The molecule has 0 aliphatic rings. The van der Waals surface area contributed by atoms with E-state index in [1.54, 1.807) is 16.7 Å². The van der Waals surface area contributed by atoms with Crippen molar-refractivity contribution in [1.29, 1.82) is 0 Å². The maximum Gasteiger partial charge on any atom is 0.269 e. The van der Waals surface area contributed by atoms with Gasteiger partial charge in [-0.1, -0.05) is 18.2 Å². The summed E-state index contributed by atoms with van der Waals surface area (Å²) < 4.78 is 1.77. The predicted octanol–water partition coefficient (Wildman–Crippen LogP) is 3.17. The molecule has 0 bridgehead atoms. The largest absolute Gasteiger partial charge is 0.376 e. The second kappa shape index (κ2) is 4.79. The lowest BCUT2D eigenvalue weighted by atomic mass is 10.1. The van der Waals surface area contributed by atoms with Crippen LogP contribution in [0.2, 0.25) is 0 Å². The Morgan fingerprint density at radius 3 is 2.45 bits per heavy atom. The highest BCUT2D eigenvalue weighted by atomic mass is 16.6. The molecule has 2 aromatic carbocycles. The van der Waals surface area contributed by atoms with Gasteiger partial charge in [-0.15, -0.1) is 0 Å². The molecule has 0 fully saturated rings. The minimum atomic E-state index is -0.425. The maximum atomic E-state index is 10.7. The van der Waals surface area contributed by atoms with Crippen LogP contribution >= 0.6 is 0 Å². The first-order valence-electron chi connectivity index (χ1n) is 6.14. The molecule has 3 aromatic rings. The van der Waals surface area contributed by atoms with E-state index in [9.17, 15) is 15.2 Å². The van der Waals surface area contributed by atoms with Gasteiger partial charge in [-0.25, -0.2) is 0 Å². The number of fused-ring (bicyclic) bond motifs is 1. The first-order chi connectivity index (χ1) is 9.70. The van der Waals surface area contributed by atoms with Crippen LogP contribution in [0.4, 0.5) is 5.69 Å². The van der Waals surface area contributed by atoms with Crippen LogP contribution in [0.15, 0.2) is 54.6 Å². The highest BCUT2D eigenvalue weighted by Crippen LogP contribution is 2.29. The molecule has 0 aliphatic heterocycles. The highest BCUT2D eigenvalue weighted by molar-refractivity contribution is 5.87. The third-order valence-electron chi connectivity index (χ3n) is 3.33. The Morgan fingerprint density at radius 2 is 1.80 bits per heavy atom. The van der Waals surface area contributed by atoms with Crippen molar-refractivity contribution in [1.82, 2.24) is 4.57 Å². The number of hydrogen-bond donors (Lipinski definition) is 1. The lowest BCUT2D eigenvalue weighted by Gasteiger charge is -2.07. The van der Waals surface area contributed by atoms with Crippen LogP contribution in [0.5, 0.6) is 0 Å². The SMILES string of the molecule is O=[N+]([O-])c1ccc(-c2cc3ccccc3n2CO)cc1. The summed E-state index contributed by atoms with van der Waals surface area (Å²) in [6, 6.07) is 16.0. The van der Waals surface area contributed by atoms with Gasteiger partial charge in [-0.3, -0.25) is 10.1 Å². The maximum absolute atomic E-state index is 10.7. The highest BCUT2D eigenvalue weighted by Gasteiger charge is 2.11. The Labute approximate surface area is 114 Å². The second-order valence-electron chi connectivity index (χ2n) is 4.46. The van der Waals surface area contributed by atoms with Gasteiger partial charge in [0, 0.05) is 17.5 Å². The zero-order chi connectivity index (χ0) is 14.1. The van der Waals surface area contributed by atoms with Gasteiger partial charge in [0.05, 0.1) is 16.1 Å². The summed E-state index contributed by atoms with van der Waals surface area (Å²) in [5.41, 5.74) is 2.66. The van der Waals surface area contributed by atoms with E-state index in [1.165, 1.54) is 12.1 Å². The average Bonchev–Trinajstić information content (AvgIpc) is 2.85. The quantitative estimate of drug-likeness (QED) is 0.586. The van der Waals surface area contributed by atoms with Crippen molar-refractivity contribution in [2.75, 3.05) is 0 Å². The van der Waals surface area contributed by atoms with E-state index in [0.29, 0.717) is 0 Å². The number of aliphatic hydroxyl groups excluding tert-OH is 1. The lowest BCUT2D eigenvalue weighted by Crippen LogP contribution is -1.98. The van der Waals surface area contributed by atoms with Crippen molar-refractivity contribution in [2.45, 2.75) is 6.73 Å². The molecule has 0 radical (unpaired) electrons. The van der Waals surface area contributed by atoms with Gasteiger partial charge in [0.15, 0.2) is 0 Å². The van der Waals surface area contributed by atoms with E-state index < -0.39 is 4.92 Å². The van der Waals surface area contributed by atoms with Crippen LogP contribution in [0.3, 0.4) is 0 Å². The van der Waals surface area contributed by atoms with Crippen molar-refractivity contribution in [3.63, 3.8) is 0 Å². The number of rotatable bonds is 3. The summed E-state index contributed by atoms with van der Waals surface area (Å²) in [5.74, 6) is 0. The molecule has 0 saturated heterocycles. The Kier molecular flexibility index (Phi) is 2.96. The van der Waals surface area contributed by atoms with Crippen LogP contribution in [0.1, 0.15) is 0 Å². The van der Waals surface area contributed by atoms with Crippen molar-refractivity contribution in [3.05, 3.63) is 64.7 Å². The molecule has 0 unspecified atom stereocenters. The van der Waals surface area contributed by atoms with Crippen LogP contribution in [-0.2, 0) is 6.73 Å². The number of nitro benzene ring substituents is 1. The van der Waals surface area contributed by atoms with Gasteiger partial charge in [-0.2, -0.15) is 0 Å². The number of aliphatic hydroxyl groups is 1.